The summed E-state index contributed by atoms with van der Waals surface area (Å²) >= 11 is 2.19. The second-order valence-electron chi connectivity index (χ2n) is 5.09. The molecule has 2 aromatic rings. The summed E-state index contributed by atoms with van der Waals surface area (Å²) in [6, 6.07) is 11.0. The third-order valence-corrected chi connectivity index (χ3v) is 4.88. The van der Waals surface area contributed by atoms with Gasteiger partial charge in [0.05, 0.1) is 0 Å². The van der Waals surface area contributed by atoms with Gasteiger partial charge in [0.1, 0.15) is 5.82 Å². The van der Waals surface area contributed by atoms with Crippen LogP contribution in [-0.4, -0.2) is 16.1 Å². The summed E-state index contributed by atoms with van der Waals surface area (Å²) in [5.74, 6) is -0.126. The zero-order valence-corrected chi connectivity index (χ0v) is 19.1. The number of thioether (sulfide) groups is 2. The molecule has 0 saturated carbocycles. The average Bonchev–Trinajstić information content (AvgIpc) is 2.58. The smallest absolute Gasteiger partial charge is 0.193 e. The lowest BCUT2D eigenvalue weighted by Gasteiger charge is -2.12. The monoisotopic (exact) mass is 536 g/mol. The molecule has 0 aliphatic rings. The minimum Gasteiger partial charge on any atom is -0.379 e. The number of halogens is 3. The van der Waals surface area contributed by atoms with Gasteiger partial charge in [-0.15, -0.1) is 34.0 Å². The lowest BCUT2D eigenvalue weighted by Crippen LogP contribution is -2.11. The Labute approximate surface area is 186 Å². The zero-order chi connectivity index (χ0) is 18.4. The van der Waals surface area contributed by atoms with Crippen molar-refractivity contribution in [3.8, 4) is 0 Å². The summed E-state index contributed by atoms with van der Waals surface area (Å²) in [6.07, 6.45) is 0. The van der Waals surface area contributed by atoms with Gasteiger partial charge in [-0.25, -0.2) is 4.39 Å². The van der Waals surface area contributed by atoms with Crippen LogP contribution in [0.15, 0.2) is 42.5 Å². The molecule has 0 amide bonds. The number of hydrogen-bond acceptors (Lipinski definition) is 5. The SMILES string of the molecule is Br.Br.N=C(N)SCc1ccccc1C(=O)c1cc(F)ccc1CSC(=N)N. The van der Waals surface area contributed by atoms with Gasteiger partial charge in [-0.2, -0.15) is 0 Å². The molecule has 0 spiro atoms. The summed E-state index contributed by atoms with van der Waals surface area (Å²) in [6.45, 7) is 0. The van der Waals surface area contributed by atoms with Crippen molar-refractivity contribution < 1.29 is 9.18 Å². The van der Waals surface area contributed by atoms with E-state index in [0.29, 0.717) is 22.6 Å². The number of ketones is 1. The summed E-state index contributed by atoms with van der Waals surface area (Å²) in [5.41, 5.74) is 12.7. The van der Waals surface area contributed by atoms with Crippen molar-refractivity contribution in [3.05, 3.63) is 70.5 Å². The normalized spacial score (nSPS) is 9.67. The van der Waals surface area contributed by atoms with Crippen LogP contribution in [0.5, 0.6) is 0 Å². The molecule has 0 heterocycles. The highest BCUT2D eigenvalue weighted by Gasteiger charge is 2.18. The summed E-state index contributed by atoms with van der Waals surface area (Å²) < 4.78 is 13.7. The van der Waals surface area contributed by atoms with E-state index in [4.69, 9.17) is 22.3 Å². The Hall–Kier alpha value is -1.36. The van der Waals surface area contributed by atoms with Crippen LogP contribution in [0.2, 0.25) is 0 Å². The fourth-order valence-electron chi connectivity index (χ4n) is 2.21. The van der Waals surface area contributed by atoms with E-state index in [1.165, 1.54) is 18.2 Å². The van der Waals surface area contributed by atoms with E-state index in [2.05, 4.69) is 0 Å². The molecule has 27 heavy (non-hydrogen) atoms. The van der Waals surface area contributed by atoms with Gasteiger partial charge in [0.15, 0.2) is 16.1 Å². The standard InChI is InChI=1S/C17H17FN4OS2.2BrH/c18-12-6-5-11(9-25-17(21)22)14(7-12)15(23)13-4-2-1-3-10(13)8-24-16(19)20;;/h1-7H,8-9H2,(H3,19,20)(H3,21,22);2*1H. The van der Waals surface area contributed by atoms with Crippen LogP contribution in [-0.2, 0) is 11.5 Å². The van der Waals surface area contributed by atoms with Gasteiger partial charge in [0.25, 0.3) is 0 Å². The van der Waals surface area contributed by atoms with Crippen molar-refractivity contribution in [3.63, 3.8) is 0 Å². The van der Waals surface area contributed by atoms with Gasteiger partial charge in [-0.05, 0) is 23.3 Å². The first-order valence-electron chi connectivity index (χ1n) is 7.23. The molecule has 0 radical (unpaired) electrons. The van der Waals surface area contributed by atoms with E-state index < -0.39 is 5.82 Å². The van der Waals surface area contributed by atoms with E-state index in [9.17, 15) is 9.18 Å². The summed E-state index contributed by atoms with van der Waals surface area (Å²) in [4.78, 5) is 13.0. The van der Waals surface area contributed by atoms with Crippen LogP contribution in [0.1, 0.15) is 27.0 Å². The lowest BCUT2D eigenvalue weighted by atomic mass is 9.96. The molecule has 2 rings (SSSR count). The molecule has 0 fully saturated rings. The Morgan fingerprint density at radius 1 is 0.889 bits per heavy atom. The second kappa shape index (κ2) is 12.2. The maximum atomic E-state index is 13.7. The van der Waals surface area contributed by atoms with Gasteiger partial charge < -0.3 is 11.5 Å². The van der Waals surface area contributed by atoms with E-state index in [-0.39, 0.29) is 55.6 Å². The third kappa shape index (κ3) is 7.65. The van der Waals surface area contributed by atoms with Crippen LogP contribution >= 0.6 is 57.5 Å². The molecule has 5 nitrogen and oxygen atoms in total. The van der Waals surface area contributed by atoms with Crippen molar-refractivity contribution in [2.24, 2.45) is 11.5 Å². The van der Waals surface area contributed by atoms with Crippen LogP contribution in [0.25, 0.3) is 0 Å². The van der Waals surface area contributed by atoms with E-state index in [0.717, 1.165) is 29.1 Å². The molecule has 0 unspecified atom stereocenters. The van der Waals surface area contributed by atoms with E-state index in [1.54, 1.807) is 24.3 Å². The Morgan fingerprint density at radius 3 is 1.96 bits per heavy atom. The lowest BCUT2D eigenvalue weighted by molar-refractivity contribution is 0.103. The van der Waals surface area contributed by atoms with Crippen molar-refractivity contribution in [2.75, 3.05) is 0 Å². The van der Waals surface area contributed by atoms with Gasteiger partial charge in [-0.3, -0.25) is 15.6 Å². The molecule has 0 saturated heterocycles. The minimum atomic E-state index is -0.504. The molecule has 0 bridgehead atoms. The predicted molar refractivity (Wildman–Crippen MR) is 123 cm³/mol. The van der Waals surface area contributed by atoms with Gasteiger partial charge in [-0.1, -0.05) is 53.9 Å². The molecule has 6 N–H and O–H groups in total. The van der Waals surface area contributed by atoms with Crippen molar-refractivity contribution >= 4 is 73.6 Å². The Bertz CT molecular complexity index is 836. The van der Waals surface area contributed by atoms with E-state index in [1.807, 2.05) is 0 Å². The zero-order valence-electron chi connectivity index (χ0n) is 14.0. The third-order valence-electron chi connectivity index (χ3n) is 3.34. The molecule has 2 aromatic carbocycles. The molecule has 0 aliphatic carbocycles. The van der Waals surface area contributed by atoms with Crippen molar-refractivity contribution in [1.82, 2.24) is 0 Å². The van der Waals surface area contributed by atoms with Crippen LogP contribution < -0.4 is 11.5 Å². The first-order valence-corrected chi connectivity index (χ1v) is 9.20. The van der Waals surface area contributed by atoms with E-state index >= 15 is 0 Å². The van der Waals surface area contributed by atoms with Gasteiger partial charge in [0, 0.05) is 22.6 Å². The molecular formula is C17H19Br2FN4OS2. The number of hydrogen-bond donors (Lipinski definition) is 4. The molecule has 10 heteroatoms. The highest BCUT2D eigenvalue weighted by molar-refractivity contribution is 8.93. The highest BCUT2D eigenvalue weighted by atomic mass is 79.9. The Morgan fingerprint density at radius 2 is 1.41 bits per heavy atom. The summed E-state index contributed by atoms with van der Waals surface area (Å²) in [5, 5.41) is 14.5. The number of amidine groups is 2. The maximum absolute atomic E-state index is 13.7. The minimum absolute atomic E-state index is 0. The fourth-order valence-corrected chi connectivity index (χ4v) is 3.34. The number of nitrogens with two attached hydrogens (primary N) is 2. The first-order chi connectivity index (χ1) is 11.9. The number of carbonyl (C=O) groups excluding carboxylic acids is 1. The maximum Gasteiger partial charge on any atom is 0.193 e. The number of carbonyl (C=O) groups is 1. The van der Waals surface area contributed by atoms with Crippen molar-refractivity contribution in [1.29, 1.82) is 10.8 Å². The first kappa shape index (κ1) is 25.6. The largest absolute Gasteiger partial charge is 0.379 e. The molecule has 0 aliphatic heterocycles. The predicted octanol–water partition coefficient (Wildman–Crippen LogP) is 4.47. The van der Waals surface area contributed by atoms with Crippen LogP contribution in [0.3, 0.4) is 0 Å². The topological polar surface area (TPSA) is 117 Å². The number of benzene rings is 2. The highest BCUT2D eigenvalue weighted by Crippen LogP contribution is 2.24. The number of rotatable bonds is 6. The Kier molecular flexibility index (Phi) is 11.6. The second-order valence-corrected chi connectivity index (χ2v) is 7.13. The molecule has 146 valence electrons. The van der Waals surface area contributed by atoms with Crippen molar-refractivity contribution in [2.45, 2.75) is 11.5 Å². The summed E-state index contributed by atoms with van der Waals surface area (Å²) in [7, 11) is 0. The fraction of sp³-hybridized carbons (Fsp3) is 0.118. The Balaban J connectivity index is 0.00000338. The van der Waals surface area contributed by atoms with Crippen LogP contribution in [0, 0.1) is 16.6 Å². The quantitative estimate of drug-likeness (QED) is 0.246. The van der Waals surface area contributed by atoms with Crippen LogP contribution in [0.4, 0.5) is 4.39 Å². The number of nitrogens with one attached hydrogen (secondary N) is 2. The van der Waals surface area contributed by atoms with Gasteiger partial charge in [0.2, 0.25) is 0 Å². The average molecular weight is 538 g/mol. The molecule has 0 atom stereocenters. The molecular weight excluding hydrogens is 519 g/mol. The molecule has 0 aromatic heterocycles. The van der Waals surface area contributed by atoms with Gasteiger partial charge >= 0.3 is 0 Å².